The number of rotatable bonds is 6. The van der Waals surface area contributed by atoms with Crippen LogP contribution in [0.4, 0.5) is 0 Å². The molecule has 118 valence electrons. The number of nitriles is 1. The summed E-state index contributed by atoms with van der Waals surface area (Å²) in [6.45, 7) is 0.0676. The normalized spacial score (nSPS) is 11.5. The average molecular weight is 347 g/mol. The molecule has 0 bridgehead atoms. The van der Waals surface area contributed by atoms with Crippen LogP contribution in [-0.4, -0.2) is 23.3 Å². The van der Waals surface area contributed by atoms with E-state index in [9.17, 15) is 9.90 Å². The molecule has 0 aromatic heterocycles. The molecular weight excluding hydrogens is 332 g/mol. The Kier molecular flexibility index (Phi) is 6.48. The van der Waals surface area contributed by atoms with Crippen LogP contribution in [0.25, 0.3) is 0 Å². The van der Waals surface area contributed by atoms with Crippen molar-refractivity contribution in [3.63, 3.8) is 0 Å². The summed E-state index contributed by atoms with van der Waals surface area (Å²) >= 11 is 7.39. The van der Waals surface area contributed by atoms with Crippen LogP contribution in [0, 0.1) is 11.3 Å². The molecule has 0 fully saturated rings. The van der Waals surface area contributed by atoms with Gasteiger partial charge in [0.25, 0.3) is 5.91 Å². The third kappa shape index (κ3) is 5.00. The summed E-state index contributed by atoms with van der Waals surface area (Å²) in [5, 5.41) is 21.9. The Labute approximate surface area is 144 Å². The van der Waals surface area contributed by atoms with Gasteiger partial charge in [-0.1, -0.05) is 35.9 Å². The monoisotopic (exact) mass is 346 g/mol. The Balaban J connectivity index is 1.97. The Bertz CT molecular complexity index is 731. The predicted molar refractivity (Wildman–Crippen MR) is 91.5 cm³/mol. The molecule has 0 spiro atoms. The molecule has 0 aliphatic carbocycles. The van der Waals surface area contributed by atoms with Crippen LogP contribution < -0.4 is 5.32 Å². The van der Waals surface area contributed by atoms with Gasteiger partial charge in [0.2, 0.25) is 0 Å². The highest BCUT2D eigenvalue weighted by atomic mass is 35.5. The Hall–Kier alpha value is -2.00. The van der Waals surface area contributed by atoms with E-state index in [1.807, 2.05) is 12.1 Å². The van der Waals surface area contributed by atoms with E-state index in [1.165, 1.54) is 11.8 Å². The molecule has 0 radical (unpaired) electrons. The van der Waals surface area contributed by atoms with Gasteiger partial charge in [-0.25, -0.2) is 0 Å². The lowest BCUT2D eigenvalue weighted by Crippen LogP contribution is -2.28. The summed E-state index contributed by atoms with van der Waals surface area (Å²) in [6.07, 6.45) is -0.871. The van der Waals surface area contributed by atoms with Crippen molar-refractivity contribution in [2.45, 2.75) is 11.0 Å². The third-order valence-electron chi connectivity index (χ3n) is 3.12. The first-order valence-corrected chi connectivity index (χ1v) is 8.28. The van der Waals surface area contributed by atoms with Gasteiger partial charge >= 0.3 is 0 Å². The Morgan fingerprint density at radius 3 is 2.83 bits per heavy atom. The van der Waals surface area contributed by atoms with Crippen LogP contribution >= 0.6 is 23.4 Å². The number of carbonyl (C=O) groups is 1. The molecule has 0 aliphatic heterocycles. The number of hydrogen-bond acceptors (Lipinski definition) is 4. The van der Waals surface area contributed by atoms with Crippen molar-refractivity contribution in [2.75, 3.05) is 12.3 Å². The minimum atomic E-state index is -0.871. The number of amides is 1. The van der Waals surface area contributed by atoms with Gasteiger partial charge in [-0.2, -0.15) is 5.26 Å². The second kappa shape index (κ2) is 8.59. The van der Waals surface area contributed by atoms with E-state index in [4.69, 9.17) is 16.9 Å². The molecule has 2 N–H and O–H groups in total. The molecule has 1 amide bonds. The first kappa shape index (κ1) is 17.4. The molecule has 0 aliphatic rings. The lowest BCUT2D eigenvalue weighted by Gasteiger charge is -2.14. The second-order valence-electron chi connectivity index (χ2n) is 4.72. The molecule has 2 rings (SSSR count). The second-order valence-corrected chi connectivity index (χ2v) is 6.18. The minimum absolute atomic E-state index is 0.0676. The number of hydrogen-bond donors (Lipinski definition) is 2. The zero-order valence-corrected chi connectivity index (χ0v) is 13.8. The molecule has 4 nitrogen and oxygen atoms in total. The predicted octanol–water partition coefficient (Wildman–Crippen LogP) is 3.42. The van der Waals surface area contributed by atoms with E-state index in [1.54, 1.807) is 42.5 Å². The van der Waals surface area contributed by atoms with E-state index in [2.05, 4.69) is 5.32 Å². The highest BCUT2D eigenvalue weighted by Gasteiger charge is 2.13. The summed E-state index contributed by atoms with van der Waals surface area (Å²) in [5.41, 5.74) is 1.06. The summed E-state index contributed by atoms with van der Waals surface area (Å²) in [5.74, 6) is 0.0477. The minimum Gasteiger partial charge on any atom is -0.387 e. The molecule has 23 heavy (non-hydrogen) atoms. The van der Waals surface area contributed by atoms with Crippen molar-refractivity contribution in [3.8, 4) is 6.07 Å². The van der Waals surface area contributed by atoms with Crippen LogP contribution in [0.5, 0.6) is 0 Å². The average Bonchev–Trinajstić information content (AvgIpc) is 2.58. The van der Waals surface area contributed by atoms with E-state index in [0.717, 1.165) is 4.90 Å². The topological polar surface area (TPSA) is 73.1 Å². The van der Waals surface area contributed by atoms with Crippen LogP contribution in [-0.2, 0) is 0 Å². The molecule has 0 saturated carbocycles. The molecular formula is C17H15ClN2O2S. The summed E-state index contributed by atoms with van der Waals surface area (Å²) in [4.78, 5) is 13.0. The SMILES string of the molecule is N#CCSc1cccc(C(=O)NCC(O)c2ccccc2Cl)c1. The number of carbonyl (C=O) groups excluding carboxylic acids is 1. The number of thioether (sulfide) groups is 1. The van der Waals surface area contributed by atoms with Gasteiger partial charge in [-0.15, -0.1) is 11.8 Å². The van der Waals surface area contributed by atoms with Gasteiger partial charge in [-0.05, 0) is 24.3 Å². The highest BCUT2D eigenvalue weighted by molar-refractivity contribution is 7.99. The molecule has 1 unspecified atom stereocenters. The fraction of sp³-hybridized carbons (Fsp3) is 0.176. The number of aliphatic hydroxyl groups excluding tert-OH is 1. The molecule has 2 aromatic carbocycles. The third-order valence-corrected chi connectivity index (χ3v) is 4.32. The van der Waals surface area contributed by atoms with Crippen molar-refractivity contribution in [1.82, 2.24) is 5.32 Å². The smallest absolute Gasteiger partial charge is 0.251 e. The standard InChI is InChI=1S/C17H15ClN2O2S/c18-15-7-2-1-6-14(15)16(21)11-20-17(22)12-4-3-5-13(10-12)23-9-8-19/h1-7,10,16,21H,9,11H2,(H,20,22). The van der Waals surface area contributed by atoms with Crippen molar-refractivity contribution < 1.29 is 9.90 Å². The van der Waals surface area contributed by atoms with Gasteiger partial charge in [0.15, 0.2) is 0 Å². The lowest BCUT2D eigenvalue weighted by atomic mass is 10.1. The zero-order chi connectivity index (χ0) is 16.7. The van der Waals surface area contributed by atoms with Gasteiger partial charge in [0.1, 0.15) is 0 Å². The first-order chi connectivity index (χ1) is 11.1. The van der Waals surface area contributed by atoms with Gasteiger partial charge in [0.05, 0.1) is 17.9 Å². The maximum absolute atomic E-state index is 12.2. The molecule has 0 heterocycles. The van der Waals surface area contributed by atoms with Crippen LogP contribution in [0.1, 0.15) is 22.0 Å². The quantitative estimate of drug-likeness (QED) is 0.786. The van der Waals surface area contributed by atoms with Crippen LogP contribution in [0.2, 0.25) is 5.02 Å². The highest BCUT2D eigenvalue weighted by Crippen LogP contribution is 2.22. The first-order valence-electron chi connectivity index (χ1n) is 6.92. The summed E-state index contributed by atoms with van der Waals surface area (Å²) in [6, 6.07) is 16.0. The summed E-state index contributed by atoms with van der Waals surface area (Å²) < 4.78 is 0. The van der Waals surface area contributed by atoms with E-state index in [0.29, 0.717) is 21.9 Å². The number of nitrogens with zero attached hydrogens (tertiary/aromatic N) is 1. The number of nitrogens with one attached hydrogen (secondary N) is 1. The summed E-state index contributed by atoms with van der Waals surface area (Å²) in [7, 11) is 0. The van der Waals surface area contributed by atoms with Crippen LogP contribution in [0.3, 0.4) is 0 Å². The maximum atomic E-state index is 12.2. The number of aliphatic hydroxyl groups is 1. The fourth-order valence-corrected chi connectivity index (χ4v) is 2.87. The fourth-order valence-electron chi connectivity index (χ4n) is 1.99. The molecule has 2 aromatic rings. The Morgan fingerprint density at radius 2 is 2.09 bits per heavy atom. The number of halogens is 1. The maximum Gasteiger partial charge on any atom is 0.251 e. The van der Waals surface area contributed by atoms with E-state index in [-0.39, 0.29) is 12.5 Å². The lowest BCUT2D eigenvalue weighted by molar-refractivity contribution is 0.0916. The van der Waals surface area contributed by atoms with E-state index >= 15 is 0 Å². The number of benzene rings is 2. The van der Waals surface area contributed by atoms with E-state index < -0.39 is 6.10 Å². The van der Waals surface area contributed by atoms with Crippen LogP contribution in [0.15, 0.2) is 53.4 Å². The molecule has 0 saturated heterocycles. The van der Waals surface area contributed by atoms with Gasteiger partial charge in [0, 0.05) is 27.6 Å². The zero-order valence-electron chi connectivity index (χ0n) is 12.2. The molecule has 6 heteroatoms. The van der Waals surface area contributed by atoms with Crippen molar-refractivity contribution >= 4 is 29.3 Å². The van der Waals surface area contributed by atoms with Gasteiger partial charge in [-0.3, -0.25) is 4.79 Å². The molecule has 1 atom stereocenters. The largest absolute Gasteiger partial charge is 0.387 e. The van der Waals surface area contributed by atoms with Crippen molar-refractivity contribution in [2.24, 2.45) is 0 Å². The van der Waals surface area contributed by atoms with Gasteiger partial charge < -0.3 is 10.4 Å². The van der Waals surface area contributed by atoms with Crippen molar-refractivity contribution in [3.05, 3.63) is 64.7 Å². The Morgan fingerprint density at radius 1 is 1.30 bits per heavy atom. The van der Waals surface area contributed by atoms with Crippen molar-refractivity contribution in [1.29, 1.82) is 5.26 Å².